The van der Waals surface area contributed by atoms with Crippen LogP contribution in [0.2, 0.25) is 0 Å². The first-order valence-electron chi connectivity index (χ1n) is 2.82. The van der Waals surface area contributed by atoms with E-state index in [0.29, 0.717) is 5.88 Å². The highest BCUT2D eigenvalue weighted by atomic mass is 35.5. The quantitative estimate of drug-likeness (QED) is 0.592. The van der Waals surface area contributed by atoms with Gasteiger partial charge in [0.2, 0.25) is 0 Å². The van der Waals surface area contributed by atoms with Crippen LogP contribution in [0.15, 0.2) is 12.7 Å². The first-order chi connectivity index (χ1) is 4.43. The summed E-state index contributed by atoms with van der Waals surface area (Å²) in [6.07, 6.45) is 4.16. The third kappa shape index (κ3) is 2.01. The van der Waals surface area contributed by atoms with Gasteiger partial charge in [-0.1, -0.05) is 0 Å². The van der Waals surface area contributed by atoms with E-state index in [-0.39, 0.29) is 0 Å². The van der Waals surface area contributed by atoms with Crippen molar-refractivity contribution in [3.63, 3.8) is 0 Å². The van der Waals surface area contributed by atoms with Crippen molar-refractivity contribution in [3.8, 4) is 0 Å². The van der Waals surface area contributed by atoms with Gasteiger partial charge in [-0.25, -0.2) is 4.98 Å². The van der Waals surface area contributed by atoms with Crippen molar-refractivity contribution in [1.82, 2.24) is 14.8 Å². The summed E-state index contributed by atoms with van der Waals surface area (Å²) >= 11 is 5.46. The number of aromatic nitrogens is 3. The normalized spacial score (nSPS) is 9.89. The van der Waals surface area contributed by atoms with E-state index in [1.54, 1.807) is 11.0 Å². The molecular formula is C5H8ClN3. The smallest absolute Gasteiger partial charge is 0.137 e. The molecule has 0 spiro atoms. The molecule has 0 aromatic carbocycles. The van der Waals surface area contributed by atoms with Crippen molar-refractivity contribution >= 4 is 11.6 Å². The number of hydrogen-bond acceptors (Lipinski definition) is 2. The molecule has 4 heteroatoms. The van der Waals surface area contributed by atoms with Crippen LogP contribution in [-0.4, -0.2) is 20.6 Å². The topological polar surface area (TPSA) is 30.7 Å². The molecule has 1 aromatic heterocycles. The van der Waals surface area contributed by atoms with Gasteiger partial charge in [-0.3, -0.25) is 4.68 Å². The second-order valence-corrected chi connectivity index (χ2v) is 2.08. The van der Waals surface area contributed by atoms with Gasteiger partial charge in [0, 0.05) is 12.4 Å². The third-order valence-electron chi connectivity index (χ3n) is 0.987. The zero-order valence-corrected chi connectivity index (χ0v) is 5.75. The van der Waals surface area contributed by atoms with Crippen LogP contribution >= 0.6 is 11.6 Å². The first kappa shape index (κ1) is 6.55. The fourth-order valence-electron chi connectivity index (χ4n) is 0.570. The number of hydrogen-bond donors (Lipinski definition) is 0. The lowest BCUT2D eigenvalue weighted by Crippen LogP contribution is -1.97. The Morgan fingerprint density at radius 1 is 1.56 bits per heavy atom. The highest BCUT2D eigenvalue weighted by Gasteiger charge is 1.87. The minimum atomic E-state index is 0.680. The lowest BCUT2D eigenvalue weighted by Gasteiger charge is -1.93. The summed E-state index contributed by atoms with van der Waals surface area (Å²) in [4.78, 5) is 3.78. The fraction of sp³-hybridized carbons (Fsp3) is 0.600. The average molecular weight is 146 g/mol. The van der Waals surface area contributed by atoms with E-state index in [1.165, 1.54) is 6.33 Å². The summed E-state index contributed by atoms with van der Waals surface area (Å²) < 4.78 is 1.77. The maximum atomic E-state index is 5.46. The molecule has 1 aromatic rings. The Bertz CT molecular complexity index is 149. The summed E-state index contributed by atoms with van der Waals surface area (Å²) in [5.41, 5.74) is 0. The number of alkyl halides is 1. The molecule has 0 aliphatic heterocycles. The lowest BCUT2D eigenvalue weighted by atomic mass is 10.5. The van der Waals surface area contributed by atoms with E-state index < -0.39 is 0 Å². The molecule has 0 saturated heterocycles. The first-order valence-corrected chi connectivity index (χ1v) is 3.35. The average Bonchev–Trinajstić information content (AvgIpc) is 2.34. The van der Waals surface area contributed by atoms with Crippen LogP contribution in [0.3, 0.4) is 0 Å². The Balaban J connectivity index is 2.30. The summed E-state index contributed by atoms with van der Waals surface area (Å²) in [5, 5.41) is 3.90. The molecule has 9 heavy (non-hydrogen) atoms. The Morgan fingerprint density at radius 3 is 3.00 bits per heavy atom. The number of rotatable bonds is 3. The Hall–Kier alpha value is -0.570. The maximum absolute atomic E-state index is 5.46. The highest BCUT2D eigenvalue weighted by Crippen LogP contribution is 1.88. The van der Waals surface area contributed by atoms with Crippen molar-refractivity contribution in [2.75, 3.05) is 5.88 Å². The van der Waals surface area contributed by atoms with Crippen LogP contribution in [0.4, 0.5) is 0 Å². The molecule has 1 rings (SSSR count). The van der Waals surface area contributed by atoms with Crippen LogP contribution in [0, 0.1) is 0 Å². The van der Waals surface area contributed by atoms with Gasteiger partial charge in [0.05, 0.1) is 0 Å². The molecule has 0 aliphatic carbocycles. The largest absolute Gasteiger partial charge is 0.253 e. The van der Waals surface area contributed by atoms with E-state index in [1.807, 2.05) is 0 Å². The van der Waals surface area contributed by atoms with E-state index >= 15 is 0 Å². The summed E-state index contributed by atoms with van der Waals surface area (Å²) in [6.45, 7) is 0.865. The van der Waals surface area contributed by atoms with Gasteiger partial charge >= 0.3 is 0 Å². The minimum Gasteiger partial charge on any atom is -0.253 e. The van der Waals surface area contributed by atoms with E-state index in [4.69, 9.17) is 11.6 Å². The van der Waals surface area contributed by atoms with Crippen molar-refractivity contribution in [3.05, 3.63) is 12.7 Å². The summed E-state index contributed by atoms with van der Waals surface area (Å²) in [6, 6.07) is 0. The molecule has 3 nitrogen and oxygen atoms in total. The standard InChI is InChI=1S/C5H8ClN3/c6-2-1-3-9-5-7-4-8-9/h4-5H,1-3H2. The maximum Gasteiger partial charge on any atom is 0.137 e. The molecule has 0 atom stereocenters. The molecule has 0 unspecified atom stereocenters. The Morgan fingerprint density at radius 2 is 2.44 bits per heavy atom. The molecule has 0 fully saturated rings. The van der Waals surface area contributed by atoms with E-state index in [9.17, 15) is 0 Å². The van der Waals surface area contributed by atoms with Crippen molar-refractivity contribution in [1.29, 1.82) is 0 Å². The Kier molecular flexibility index (Phi) is 2.51. The zero-order chi connectivity index (χ0) is 6.53. The second kappa shape index (κ2) is 3.45. The summed E-state index contributed by atoms with van der Waals surface area (Å²) in [5.74, 6) is 0.680. The predicted octanol–water partition coefficient (Wildman–Crippen LogP) is 0.907. The zero-order valence-electron chi connectivity index (χ0n) is 5.00. The van der Waals surface area contributed by atoms with Gasteiger partial charge in [-0.2, -0.15) is 5.10 Å². The van der Waals surface area contributed by atoms with Crippen molar-refractivity contribution in [2.45, 2.75) is 13.0 Å². The molecule has 0 N–H and O–H groups in total. The number of aryl methyl sites for hydroxylation is 1. The molecule has 0 amide bonds. The lowest BCUT2D eigenvalue weighted by molar-refractivity contribution is 0.603. The van der Waals surface area contributed by atoms with Crippen LogP contribution < -0.4 is 0 Å². The van der Waals surface area contributed by atoms with Crippen LogP contribution in [0.1, 0.15) is 6.42 Å². The fourth-order valence-corrected chi connectivity index (χ4v) is 0.689. The second-order valence-electron chi connectivity index (χ2n) is 1.70. The number of halogens is 1. The van der Waals surface area contributed by atoms with Gasteiger partial charge in [-0.05, 0) is 6.42 Å². The van der Waals surface area contributed by atoms with Crippen molar-refractivity contribution < 1.29 is 0 Å². The van der Waals surface area contributed by atoms with Gasteiger partial charge in [0.15, 0.2) is 0 Å². The van der Waals surface area contributed by atoms with Crippen molar-refractivity contribution in [2.24, 2.45) is 0 Å². The molecule has 0 aliphatic rings. The van der Waals surface area contributed by atoms with Gasteiger partial charge in [0.1, 0.15) is 12.7 Å². The molecule has 0 saturated carbocycles. The van der Waals surface area contributed by atoms with Crippen LogP contribution in [0.5, 0.6) is 0 Å². The monoisotopic (exact) mass is 145 g/mol. The number of nitrogens with zero attached hydrogens (tertiary/aromatic N) is 3. The van der Waals surface area contributed by atoms with E-state index in [2.05, 4.69) is 10.1 Å². The molecule has 0 bridgehead atoms. The molecule has 0 radical (unpaired) electrons. The van der Waals surface area contributed by atoms with Crippen LogP contribution in [0.25, 0.3) is 0 Å². The van der Waals surface area contributed by atoms with Gasteiger partial charge in [-0.15, -0.1) is 11.6 Å². The third-order valence-corrected chi connectivity index (χ3v) is 1.25. The SMILES string of the molecule is ClCCCn1cncn1. The predicted molar refractivity (Wildman–Crippen MR) is 35.4 cm³/mol. The molecule has 50 valence electrons. The van der Waals surface area contributed by atoms with Gasteiger partial charge < -0.3 is 0 Å². The van der Waals surface area contributed by atoms with Gasteiger partial charge in [0.25, 0.3) is 0 Å². The molecule has 1 heterocycles. The van der Waals surface area contributed by atoms with Crippen LogP contribution in [-0.2, 0) is 6.54 Å². The Labute approximate surface area is 58.7 Å². The summed E-state index contributed by atoms with van der Waals surface area (Å²) in [7, 11) is 0. The van der Waals surface area contributed by atoms with E-state index in [0.717, 1.165) is 13.0 Å². The minimum absolute atomic E-state index is 0.680. The molecular weight excluding hydrogens is 138 g/mol. The highest BCUT2D eigenvalue weighted by molar-refractivity contribution is 6.17.